The van der Waals surface area contributed by atoms with Crippen LogP contribution in [0.5, 0.6) is 0 Å². The van der Waals surface area contributed by atoms with Gasteiger partial charge in [0.05, 0.1) is 16.8 Å². The molecule has 4 N–H and O–H groups in total. The molecule has 8 nitrogen and oxygen atoms in total. The Morgan fingerprint density at radius 2 is 1.78 bits per heavy atom. The molecule has 41 heavy (non-hydrogen) atoms. The zero-order chi connectivity index (χ0) is 29.4. The minimum atomic E-state index is -0.957. The Balaban J connectivity index is 1.51. The Kier molecular flexibility index (Phi) is 10.1. The van der Waals surface area contributed by atoms with Crippen LogP contribution in [0.4, 0.5) is 15.8 Å². The first kappa shape index (κ1) is 29.8. The van der Waals surface area contributed by atoms with E-state index in [4.69, 9.17) is 10.8 Å². The minimum Gasteiger partial charge on any atom is -0.478 e. The fourth-order valence-corrected chi connectivity index (χ4v) is 5.52. The van der Waals surface area contributed by atoms with Crippen LogP contribution in [0.3, 0.4) is 0 Å². The van der Waals surface area contributed by atoms with Gasteiger partial charge in [0.2, 0.25) is 0 Å². The molecule has 1 aliphatic heterocycles. The summed E-state index contributed by atoms with van der Waals surface area (Å²) in [6, 6.07) is 16.1. The standard InChI is InChI=1S/C31H33FN4O4S/c1-2-3-4-5-6-16-36-27-14-12-23(41-17-15-20-7-9-21(10-8-20)31(39)40)19-25(27)28(30(36)38)34-35-29(37)24-18-22(32)11-13-26(24)33/h7-14,18-19H,2-6,15-17,33H2,1H3,(H,35,37)(H,39,40). The number of thioether (sulfide) groups is 1. The summed E-state index contributed by atoms with van der Waals surface area (Å²) in [5, 5.41) is 13.3. The van der Waals surface area contributed by atoms with Gasteiger partial charge in [0.15, 0.2) is 5.71 Å². The van der Waals surface area contributed by atoms with Crippen molar-refractivity contribution in [2.45, 2.75) is 50.3 Å². The number of aryl methyl sites for hydroxylation is 1. The Morgan fingerprint density at radius 3 is 2.51 bits per heavy atom. The number of carboxylic acids is 1. The highest BCUT2D eigenvalue weighted by Crippen LogP contribution is 2.34. The molecule has 3 aromatic carbocycles. The number of carboxylic acid groups (broad SMARTS) is 1. The van der Waals surface area contributed by atoms with Crippen molar-refractivity contribution in [2.75, 3.05) is 22.9 Å². The number of benzene rings is 3. The Hall–Kier alpha value is -4.18. The number of fused-ring (bicyclic) bond motifs is 1. The van der Waals surface area contributed by atoms with E-state index >= 15 is 0 Å². The lowest BCUT2D eigenvalue weighted by Gasteiger charge is -2.17. The molecule has 1 heterocycles. The molecular weight excluding hydrogens is 543 g/mol. The van der Waals surface area contributed by atoms with Crippen molar-refractivity contribution in [2.24, 2.45) is 5.10 Å². The van der Waals surface area contributed by atoms with Gasteiger partial charge in [-0.3, -0.25) is 9.59 Å². The van der Waals surface area contributed by atoms with E-state index in [0.29, 0.717) is 12.1 Å². The van der Waals surface area contributed by atoms with Gasteiger partial charge < -0.3 is 15.7 Å². The number of unbranched alkanes of at least 4 members (excludes halogenated alkanes) is 4. The number of hydrogen-bond acceptors (Lipinski definition) is 6. The summed E-state index contributed by atoms with van der Waals surface area (Å²) in [5.41, 5.74) is 11.0. The Morgan fingerprint density at radius 1 is 1.02 bits per heavy atom. The molecule has 0 aromatic heterocycles. The number of nitrogens with two attached hydrogens (primary N) is 1. The average Bonchev–Trinajstić information content (AvgIpc) is 3.22. The molecule has 0 bridgehead atoms. The van der Waals surface area contributed by atoms with Crippen molar-refractivity contribution in [1.82, 2.24) is 5.43 Å². The summed E-state index contributed by atoms with van der Waals surface area (Å²) in [4.78, 5) is 39.9. The molecule has 0 atom stereocenters. The molecule has 0 radical (unpaired) electrons. The number of anilines is 2. The first-order chi connectivity index (χ1) is 19.8. The van der Waals surface area contributed by atoms with E-state index in [9.17, 15) is 18.8 Å². The number of hydrazone groups is 1. The maximum atomic E-state index is 13.7. The number of aromatic carboxylic acids is 1. The molecule has 0 aliphatic carbocycles. The number of carbonyl (C=O) groups is 3. The van der Waals surface area contributed by atoms with Crippen LogP contribution < -0.4 is 16.1 Å². The van der Waals surface area contributed by atoms with Crippen molar-refractivity contribution in [1.29, 1.82) is 0 Å². The van der Waals surface area contributed by atoms with Gasteiger partial charge in [0, 0.05) is 28.4 Å². The number of nitrogens with zero attached hydrogens (tertiary/aromatic N) is 2. The van der Waals surface area contributed by atoms with Gasteiger partial charge in [-0.1, -0.05) is 44.7 Å². The van der Waals surface area contributed by atoms with Gasteiger partial charge >= 0.3 is 5.97 Å². The molecule has 10 heteroatoms. The van der Waals surface area contributed by atoms with Crippen molar-refractivity contribution < 1.29 is 23.9 Å². The summed E-state index contributed by atoms with van der Waals surface area (Å²) in [7, 11) is 0. The molecule has 0 spiro atoms. The predicted octanol–water partition coefficient (Wildman–Crippen LogP) is 5.89. The quantitative estimate of drug-likeness (QED) is 0.101. The topological polar surface area (TPSA) is 125 Å². The Labute approximate surface area is 242 Å². The van der Waals surface area contributed by atoms with Gasteiger partial charge in [-0.05, 0) is 66.9 Å². The van der Waals surface area contributed by atoms with E-state index in [1.807, 2.05) is 30.3 Å². The van der Waals surface area contributed by atoms with Crippen LogP contribution in [-0.2, 0) is 11.2 Å². The van der Waals surface area contributed by atoms with E-state index in [2.05, 4.69) is 17.5 Å². The van der Waals surface area contributed by atoms with Crippen molar-refractivity contribution in [3.8, 4) is 0 Å². The van der Waals surface area contributed by atoms with E-state index in [0.717, 1.165) is 72.6 Å². The number of nitrogen functional groups attached to an aromatic ring is 1. The summed E-state index contributed by atoms with van der Waals surface area (Å²) in [6.07, 6.45) is 5.98. The van der Waals surface area contributed by atoms with Crippen LogP contribution >= 0.6 is 11.8 Å². The largest absolute Gasteiger partial charge is 0.478 e. The molecule has 1 aliphatic rings. The van der Waals surface area contributed by atoms with Gasteiger partial charge in [0.1, 0.15) is 5.82 Å². The lowest BCUT2D eigenvalue weighted by molar-refractivity contribution is -0.112. The van der Waals surface area contributed by atoms with Crippen molar-refractivity contribution >= 4 is 46.6 Å². The van der Waals surface area contributed by atoms with E-state index in [-0.39, 0.29) is 28.4 Å². The number of amides is 2. The highest BCUT2D eigenvalue weighted by Gasteiger charge is 2.34. The van der Waals surface area contributed by atoms with Crippen LogP contribution in [-0.4, -0.2) is 40.9 Å². The molecule has 4 rings (SSSR count). The van der Waals surface area contributed by atoms with E-state index in [1.54, 1.807) is 28.8 Å². The molecule has 0 saturated carbocycles. The third-order valence-corrected chi connectivity index (χ3v) is 7.83. The third kappa shape index (κ3) is 7.52. The second-order valence-corrected chi connectivity index (χ2v) is 11.0. The van der Waals surface area contributed by atoms with Gasteiger partial charge in [-0.2, -0.15) is 5.10 Å². The first-order valence-electron chi connectivity index (χ1n) is 13.6. The highest BCUT2D eigenvalue weighted by atomic mass is 32.2. The second-order valence-electron chi connectivity index (χ2n) is 9.78. The first-order valence-corrected chi connectivity index (χ1v) is 14.6. The molecule has 214 valence electrons. The molecule has 2 amide bonds. The highest BCUT2D eigenvalue weighted by molar-refractivity contribution is 7.99. The molecular formula is C31H33FN4O4S. The fraction of sp³-hybridized carbons (Fsp3) is 0.290. The van der Waals surface area contributed by atoms with Crippen LogP contribution in [0.15, 0.2) is 70.7 Å². The van der Waals surface area contributed by atoms with Gasteiger partial charge in [0.25, 0.3) is 11.8 Å². The van der Waals surface area contributed by atoms with Crippen molar-refractivity contribution in [3.05, 3.63) is 88.7 Å². The van der Waals surface area contributed by atoms with Gasteiger partial charge in [-0.15, -0.1) is 11.8 Å². The van der Waals surface area contributed by atoms with Crippen LogP contribution in [0.25, 0.3) is 0 Å². The third-order valence-electron chi connectivity index (χ3n) is 6.84. The second kappa shape index (κ2) is 13.9. The molecule has 0 fully saturated rings. The van der Waals surface area contributed by atoms with Crippen LogP contribution in [0.1, 0.15) is 70.9 Å². The summed E-state index contributed by atoms with van der Waals surface area (Å²) in [5.74, 6) is -1.83. The summed E-state index contributed by atoms with van der Waals surface area (Å²) in [6.45, 7) is 2.69. The number of halogens is 1. The average molecular weight is 577 g/mol. The number of hydrogen-bond donors (Lipinski definition) is 3. The Bertz CT molecular complexity index is 1460. The fourth-order valence-electron chi connectivity index (χ4n) is 4.58. The maximum Gasteiger partial charge on any atom is 0.335 e. The molecule has 3 aromatic rings. The number of nitrogens with one attached hydrogen (secondary N) is 1. The lowest BCUT2D eigenvalue weighted by atomic mass is 10.1. The minimum absolute atomic E-state index is 0.0616. The summed E-state index contributed by atoms with van der Waals surface area (Å²) >= 11 is 1.60. The van der Waals surface area contributed by atoms with Crippen LogP contribution in [0, 0.1) is 5.82 Å². The van der Waals surface area contributed by atoms with E-state index in [1.165, 1.54) is 6.07 Å². The number of carbonyl (C=O) groups excluding carboxylic acids is 2. The zero-order valence-electron chi connectivity index (χ0n) is 22.9. The summed E-state index contributed by atoms with van der Waals surface area (Å²) < 4.78 is 13.7. The normalized spacial score (nSPS) is 13.5. The predicted molar refractivity (Wildman–Crippen MR) is 160 cm³/mol. The van der Waals surface area contributed by atoms with Crippen molar-refractivity contribution in [3.63, 3.8) is 0 Å². The zero-order valence-corrected chi connectivity index (χ0v) is 23.7. The molecule has 0 saturated heterocycles. The van der Waals surface area contributed by atoms with E-state index < -0.39 is 17.7 Å². The maximum absolute atomic E-state index is 13.7. The van der Waals surface area contributed by atoms with Crippen LogP contribution in [0.2, 0.25) is 0 Å². The monoisotopic (exact) mass is 576 g/mol. The number of rotatable bonds is 13. The smallest absolute Gasteiger partial charge is 0.335 e. The molecule has 0 unspecified atom stereocenters. The SMILES string of the molecule is CCCCCCCN1C(=O)C(=NNC(=O)c2cc(F)ccc2N)c2cc(SCCc3ccc(C(=O)O)cc3)ccc21. The lowest BCUT2D eigenvalue weighted by Crippen LogP contribution is -2.32. The van der Waals surface area contributed by atoms with Gasteiger partial charge in [-0.25, -0.2) is 14.6 Å².